The van der Waals surface area contributed by atoms with Crippen LogP contribution >= 0.6 is 11.6 Å². The van der Waals surface area contributed by atoms with Crippen molar-refractivity contribution in [2.45, 2.75) is 6.54 Å². The van der Waals surface area contributed by atoms with Gasteiger partial charge >= 0.3 is 0 Å². The SMILES string of the molecule is Fc1ccc(F)c(CNc2cccc(Cl)n2)c1. The van der Waals surface area contributed by atoms with E-state index in [1.165, 1.54) is 0 Å². The van der Waals surface area contributed by atoms with Crippen LogP contribution in [0.25, 0.3) is 0 Å². The lowest BCUT2D eigenvalue weighted by molar-refractivity contribution is 0.587. The van der Waals surface area contributed by atoms with Crippen molar-refractivity contribution < 1.29 is 8.78 Å². The van der Waals surface area contributed by atoms with E-state index in [-0.39, 0.29) is 12.1 Å². The summed E-state index contributed by atoms with van der Waals surface area (Å²) in [5, 5.41) is 3.21. The molecule has 0 aliphatic rings. The Morgan fingerprint density at radius 2 is 2.00 bits per heavy atom. The molecule has 0 aliphatic heterocycles. The number of benzene rings is 1. The number of pyridine rings is 1. The lowest BCUT2D eigenvalue weighted by Crippen LogP contribution is -2.03. The van der Waals surface area contributed by atoms with Crippen LogP contribution in [0.15, 0.2) is 36.4 Å². The van der Waals surface area contributed by atoms with Crippen molar-refractivity contribution in [3.8, 4) is 0 Å². The van der Waals surface area contributed by atoms with Crippen molar-refractivity contribution in [1.82, 2.24) is 4.98 Å². The van der Waals surface area contributed by atoms with E-state index >= 15 is 0 Å². The molecular weight excluding hydrogens is 246 g/mol. The second-order valence-corrected chi connectivity index (χ2v) is 3.82. The number of nitrogens with zero attached hydrogens (tertiary/aromatic N) is 1. The number of halogens is 3. The van der Waals surface area contributed by atoms with Gasteiger partial charge in [-0.25, -0.2) is 13.8 Å². The highest BCUT2D eigenvalue weighted by Crippen LogP contribution is 2.13. The third-order valence-corrected chi connectivity index (χ3v) is 2.39. The van der Waals surface area contributed by atoms with Crippen LogP contribution in [-0.2, 0) is 6.54 Å². The lowest BCUT2D eigenvalue weighted by atomic mass is 10.2. The first-order chi connectivity index (χ1) is 8.15. The molecule has 0 spiro atoms. The Bertz CT molecular complexity index is 532. The summed E-state index contributed by atoms with van der Waals surface area (Å²) in [4.78, 5) is 3.98. The molecule has 1 N–H and O–H groups in total. The zero-order valence-electron chi connectivity index (χ0n) is 8.75. The van der Waals surface area contributed by atoms with Gasteiger partial charge in [0.05, 0.1) is 0 Å². The number of hydrogen-bond acceptors (Lipinski definition) is 2. The molecule has 1 heterocycles. The summed E-state index contributed by atoms with van der Waals surface area (Å²) in [5.74, 6) is -0.413. The van der Waals surface area contributed by atoms with Crippen LogP contribution in [0.4, 0.5) is 14.6 Å². The van der Waals surface area contributed by atoms with E-state index in [1.807, 2.05) is 0 Å². The summed E-state index contributed by atoms with van der Waals surface area (Å²) in [7, 11) is 0. The minimum Gasteiger partial charge on any atom is -0.366 e. The molecule has 0 saturated heterocycles. The van der Waals surface area contributed by atoms with Crippen molar-refractivity contribution in [3.05, 3.63) is 58.7 Å². The summed E-state index contributed by atoms with van der Waals surface area (Å²) in [6.45, 7) is 0.150. The zero-order valence-corrected chi connectivity index (χ0v) is 9.51. The van der Waals surface area contributed by atoms with E-state index in [9.17, 15) is 8.78 Å². The number of rotatable bonds is 3. The van der Waals surface area contributed by atoms with Crippen molar-refractivity contribution in [2.24, 2.45) is 0 Å². The molecule has 1 aromatic heterocycles. The van der Waals surface area contributed by atoms with Crippen LogP contribution in [0.3, 0.4) is 0 Å². The standard InChI is InChI=1S/C12H9ClF2N2/c13-11-2-1-3-12(17-11)16-7-8-6-9(14)4-5-10(8)15/h1-6H,7H2,(H,16,17). The van der Waals surface area contributed by atoms with E-state index in [1.54, 1.807) is 18.2 Å². The van der Waals surface area contributed by atoms with Gasteiger partial charge in [0.15, 0.2) is 0 Å². The van der Waals surface area contributed by atoms with Crippen LogP contribution < -0.4 is 5.32 Å². The van der Waals surface area contributed by atoms with E-state index in [0.29, 0.717) is 11.0 Å². The molecule has 5 heteroatoms. The Kier molecular flexibility index (Phi) is 3.54. The molecule has 2 rings (SSSR count). The van der Waals surface area contributed by atoms with Gasteiger partial charge in [0.2, 0.25) is 0 Å². The second-order valence-electron chi connectivity index (χ2n) is 3.43. The molecule has 0 bridgehead atoms. The zero-order chi connectivity index (χ0) is 12.3. The first kappa shape index (κ1) is 11.8. The van der Waals surface area contributed by atoms with Gasteiger partial charge in [-0.2, -0.15) is 0 Å². The highest BCUT2D eigenvalue weighted by molar-refractivity contribution is 6.29. The van der Waals surface area contributed by atoms with Crippen molar-refractivity contribution >= 4 is 17.4 Å². The normalized spacial score (nSPS) is 10.3. The fraction of sp³-hybridized carbons (Fsp3) is 0.0833. The van der Waals surface area contributed by atoms with Gasteiger partial charge < -0.3 is 5.32 Å². The van der Waals surface area contributed by atoms with Gasteiger partial charge in [-0.3, -0.25) is 0 Å². The van der Waals surface area contributed by atoms with Gasteiger partial charge in [-0.15, -0.1) is 0 Å². The van der Waals surface area contributed by atoms with Gasteiger partial charge in [-0.05, 0) is 30.3 Å². The number of hydrogen-bond donors (Lipinski definition) is 1. The minimum atomic E-state index is -0.470. The number of anilines is 1. The van der Waals surface area contributed by atoms with E-state index < -0.39 is 11.6 Å². The maximum absolute atomic E-state index is 13.3. The van der Waals surface area contributed by atoms with Crippen molar-refractivity contribution in [1.29, 1.82) is 0 Å². The fourth-order valence-electron chi connectivity index (χ4n) is 1.37. The first-order valence-corrected chi connectivity index (χ1v) is 5.33. The predicted molar refractivity (Wildman–Crippen MR) is 62.9 cm³/mol. The Labute approximate surface area is 102 Å². The average molecular weight is 255 g/mol. The largest absolute Gasteiger partial charge is 0.366 e. The van der Waals surface area contributed by atoms with Crippen LogP contribution in [0.5, 0.6) is 0 Å². The minimum absolute atomic E-state index is 0.150. The molecule has 17 heavy (non-hydrogen) atoms. The molecule has 0 amide bonds. The monoisotopic (exact) mass is 254 g/mol. The Balaban J connectivity index is 2.09. The maximum Gasteiger partial charge on any atom is 0.131 e. The summed E-state index contributed by atoms with van der Waals surface area (Å²) in [6.07, 6.45) is 0. The first-order valence-electron chi connectivity index (χ1n) is 4.95. The number of nitrogens with one attached hydrogen (secondary N) is 1. The van der Waals surface area contributed by atoms with Crippen molar-refractivity contribution in [3.63, 3.8) is 0 Å². The summed E-state index contributed by atoms with van der Waals surface area (Å²) < 4.78 is 26.2. The summed E-state index contributed by atoms with van der Waals surface area (Å²) in [6, 6.07) is 8.37. The molecule has 0 aliphatic carbocycles. The summed E-state index contributed by atoms with van der Waals surface area (Å²) in [5.41, 5.74) is 0.242. The van der Waals surface area contributed by atoms with Gasteiger partial charge in [0.1, 0.15) is 22.6 Å². The molecule has 0 atom stereocenters. The van der Waals surface area contributed by atoms with Gasteiger partial charge in [0, 0.05) is 12.1 Å². The van der Waals surface area contributed by atoms with E-state index in [0.717, 1.165) is 18.2 Å². The topological polar surface area (TPSA) is 24.9 Å². The highest BCUT2D eigenvalue weighted by Gasteiger charge is 2.04. The van der Waals surface area contributed by atoms with Crippen LogP contribution in [0, 0.1) is 11.6 Å². The van der Waals surface area contributed by atoms with Crippen LogP contribution in [-0.4, -0.2) is 4.98 Å². The van der Waals surface area contributed by atoms with Gasteiger partial charge in [-0.1, -0.05) is 17.7 Å². The third kappa shape index (κ3) is 3.14. The quantitative estimate of drug-likeness (QED) is 0.846. The lowest BCUT2D eigenvalue weighted by Gasteiger charge is -2.06. The van der Waals surface area contributed by atoms with Gasteiger partial charge in [0.25, 0.3) is 0 Å². The third-order valence-electron chi connectivity index (χ3n) is 2.18. The molecule has 0 fully saturated rings. The smallest absolute Gasteiger partial charge is 0.131 e. The maximum atomic E-state index is 13.3. The predicted octanol–water partition coefficient (Wildman–Crippen LogP) is 3.63. The Hall–Kier alpha value is -1.68. The highest BCUT2D eigenvalue weighted by atomic mass is 35.5. The van der Waals surface area contributed by atoms with E-state index in [4.69, 9.17) is 11.6 Å². The van der Waals surface area contributed by atoms with E-state index in [2.05, 4.69) is 10.3 Å². The molecule has 2 aromatic rings. The molecule has 88 valence electrons. The number of aromatic nitrogens is 1. The molecule has 0 saturated carbocycles. The second kappa shape index (κ2) is 5.10. The fourth-order valence-corrected chi connectivity index (χ4v) is 1.54. The molecule has 1 aromatic carbocycles. The summed E-state index contributed by atoms with van der Waals surface area (Å²) >= 11 is 5.70. The Morgan fingerprint density at radius 3 is 2.76 bits per heavy atom. The molecule has 0 radical (unpaired) electrons. The molecule has 2 nitrogen and oxygen atoms in total. The molecule has 0 unspecified atom stereocenters. The van der Waals surface area contributed by atoms with Crippen LogP contribution in [0.2, 0.25) is 5.15 Å². The van der Waals surface area contributed by atoms with Crippen LogP contribution in [0.1, 0.15) is 5.56 Å². The Morgan fingerprint density at radius 1 is 1.18 bits per heavy atom. The molecular formula is C12H9ClF2N2. The van der Waals surface area contributed by atoms with Crippen molar-refractivity contribution in [2.75, 3.05) is 5.32 Å². The average Bonchev–Trinajstić information content (AvgIpc) is 2.30.